The van der Waals surface area contributed by atoms with Crippen molar-refractivity contribution >= 4 is 11.6 Å². The molecule has 0 bridgehead atoms. The molecule has 0 unspecified atom stereocenters. The molecule has 1 heterocycles. The monoisotopic (exact) mass is 274 g/mol. The molecule has 0 aliphatic carbocycles. The maximum atomic E-state index is 11.9. The highest BCUT2D eigenvalue weighted by Crippen LogP contribution is 2.13. The number of ether oxygens (including phenoxy) is 1. The summed E-state index contributed by atoms with van der Waals surface area (Å²) >= 11 is 0. The lowest BCUT2D eigenvalue weighted by Gasteiger charge is -2.11. The van der Waals surface area contributed by atoms with Crippen LogP contribution in [0.5, 0.6) is 5.75 Å². The molecule has 2 N–H and O–H groups in total. The first kappa shape index (κ1) is 14.1. The van der Waals surface area contributed by atoms with E-state index in [2.05, 4.69) is 15.5 Å². The van der Waals surface area contributed by atoms with Gasteiger partial charge in [-0.05, 0) is 38.4 Å². The predicted molar refractivity (Wildman–Crippen MR) is 77.0 cm³/mol. The topological polar surface area (TPSA) is 70.2 Å². The number of aromatic amines is 1. The minimum atomic E-state index is -0.175. The van der Waals surface area contributed by atoms with Crippen LogP contribution in [-0.2, 0) is 0 Å². The molecule has 2 aromatic rings. The lowest BCUT2D eigenvalue weighted by molar-refractivity contribution is 0.102. The molecule has 1 amide bonds. The van der Waals surface area contributed by atoms with Gasteiger partial charge in [0.25, 0.3) is 5.91 Å². The lowest BCUT2D eigenvalue weighted by atomic mass is 10.2. The third-order valence-electron chi connectivity index (χ3n) is 2.68. The van der Waals surface area contributed by atoms with Crippen LogP contribution < -0.4 is 10.1 Å². The molecule has 2 rings (SSSR count). The smallest absolute Gasteiger partial charge is 0.255 e. The molecular formula is C14H18N4O2. The lowest BCUT2D eigenvalue weighted by Crippen LogP contribution is -2.19. The summed E-state index contributed by atoms with van der Waals surface area (Å²) < 4.78 is 5.57. The highest BCUT2D eigenvalue weighted by Gasteiger charge is 2.06. The van der Waals surface area contributed by atoms with Crippen LogP contribution in [0.25, 0.3) is 0 Å². The average molecular weight is 274 g/mol. The first-order valence-corrected chi connectivity index (χ1v) is 6.33. The van der Waals surface area contributed by atoms with Gasteiger partial charge in [-0.25, -0.2) is 0 Å². The van der Waals surface area contributed by atoms with Crippen molar-refractivity contribution in [3.63, 3.8) is 0 Å². The number of amides is 1. The zero-order valence-electron chi connectivity index (χ0n) is 11.6. The van der Waals surface area contributed by atoms with Crippen LogP contribution in [0.1, 0.15) is 10.4 Å². The second kappa shape index (κ2) is 6.72. The van der Waals surface area contributed by atoms with Crippen molar-refractivity contribution < 1.29 is 9.53 Å². The van der Waals surface area contributed by atoms with Gasteiger partial charge in [0.2, 0.25) is 0 Å². The Morgan fingerprint density at radius 2 is 2.10 bits per heavy atom. The van der Waals surface area contributed by atoms with Gasteiger partial charge in [-0.3, -0.25) is 9.89 Å². The van der Waals surface area contributed by atoms with Crippen LogP contribution in [0.3, 0.4) is 0 Å². The third kappa shape index (κ3) is 4.10. The number of hydrogen-bond acceptors (Lipinski definition) is 4. The van der Waals surface area contributed by atoms with E-state index in [1.807, 2.05) is 19.0 Å². The summed E-state index contributed by atoms with van der Waals surface area (Å²) in [6, 6.07) is 7.06. The Hall–Kier alpha value is -2.34. The number of anilines is 1. The van der Waals surface area contributed by atoms with E-state index in [0.29, 0.717) is 17.9 Å². The number of aromatic nitrogens is 2. The standard InChI is InChI=1S/C14H18N4O2/c1-18(2)7-8-20-13-5-3-11(4-6-13)14(19)17-12-9-15-16-10-12/h3-6,9-10H,7-8H2,1-2H3,(H,15,16)(H,17,19). The van der Waals surface area contributed by atoms with Gasteiger partial charge in [-0.15, -0.1) is 0 Å². The largest absolute Gasteiger partial charge is 0.492 e. The highest BCUT2D eigenvalue weighted by atomic mass is 16.5. The van der Waals surface area contributed by atoms with Crippen molar-refractivity contribution in [3.05, 3.63) is 42.2 Å². The van der Waals surface area contributed by atoms with Gasteiger partial charge < -0.3 is 15.0 Å². The fraction of sp³-hybridized carbons (Fsp3) is 0.286. The summed E-state index contributed by atoms with van der Waals surface area (Å²) in [4.78, 5) is 14.0. The van der Waals surface area contributed by atoms with Crippen LogP contribution in [0.4, 0.5) is 5.69 Å². The van der Waals surface area contributed by atoms with Gasteiger partial charge in [0.1, 0.15) is 12.4 Å². The molecule has 0 saturated carbocycles. The zero-order valence-corrected chi connectivity index (χ0v) is 11.6. The van der Waals surface area contributed by atoms with Crippen molar-refractivity contribution in [1.82, 2.24) is 15.1 Å². The summed E-state index contributed by atoms with van der Waals surface area (Å²) in [5, 5.41) is 9.14. The summed E-state index contributed by atoms with van der Waals surface area (Å²) in [7, 11) is 3.99. The predicted octanol–water partition coefficient (Wildman–Crippen LogP) is 1.60. The van der Waals surface area contributed by atoms with Gasteiger partial charge in [-0.1, -0.05) is 0 Å². The van der Waals surface area contributed by atoms with Crippen LogP contribution in [-0.4, -0.2) is 48.3 Å². The van der Waals surface area contributed by atoms with Crippen molar-refractivity contribution in [1.29, 1.82) is 0 Å². The molecule has 0 aliphatic heterocycles. The summed E-state index contributed by atoms with van der Waals surface area (Å²) in [6.45, 7) is 1.47. The number of nitrogens with one attached hydrogen (secondary N) is 2. The Morgan fingerprint density at radius 3 is 2.70 bits per heavy atom. The molecule has 0 radical (unpaired) electrons. The minimum Gasteiger partial charge on any atom is -0.492 e. The number of carbonyl (C=O) groups excluding carboxylic acids is 1. The maximum Gasteiger partial charge on any atom is 0.255 e. The number of hydrogen-bond donors (Lipinski definition) is 2. The van der Waals surface area contributed by atoms with Crippen molar-refractivity contribution in [2.75, 3.05) is 32.6 Å². The Morgan fingerprint density at radius 1 is 1.35 bits per heavy atom. The maximum absolute atomic E-state index is 11.9. The SMILES string of the molecule is CN(C)CCOc1ccc(C(=O)Nc2cn[nH]c2)cc1. The van der Waals surface area contributed by atoms with Crippen LogP contribution in [0.2, 0.25) is 0 Å². The van der Waals surface area contributed by atoms with E-state index in [1.165, 1.54) is 0 Å². The number of carbonyl (C=O) groups is 1. The molecular weight excluding hydrogens is 256 g/mol. The molecule has 0 spiro atoms. The second-order valence-electron chi connectivity index (χ2n) is 4.62. The third-order valence-corrected chi connectivity index (χ3v) is 2.68. The molecule has 0 aliphatic rings. The van der Waals surface area contributed by atoms with Crippen molar-refractivity contribution in [3.8, 4) is 5.75 Å². The van der Waals surface area contributed by atoms with Crippen molar-refractivity contribution in [2.45, 2.75) is 0 Å². The number of benzene rings is 1. The van der Waals surface area contributed by atoms with Gasteiger partial charge in [-0.2, -0.15) is 5.10 Å². The highest BCUT2D eigenvalue weighted by molar-refractivity contribution is 6.04. The van der Waals surface area contributed by atoms with E-state index in [1.54, 1.807) is 36.7 Å². The fourth-order valence-corrected chi connectivity index (χ4v) is 1.57. The van der Waals surface area contributed by atoms with E-state index in [-0.39, 0.29) is 5.91 Å². The van der Waals surface area contributed by atoms with Gasteiger partial charge >= 0.3 is 0 Å². The van der Waals surface area contributed by atoms with Gasteiger partial charge in [0.05, 0.1) is 11.9 Å². The Balaban J connectivity index is 1.89. The molecule has 0 saturated heterocycles. The van der Waals surface area contributed by atoms with Crippen molar-refractivity contribution in [2.24, 2.45) is 0 Å². The van der Waals surface area contributed by atoms with Crippen LogP contribution in [0.15, 0.2) is 36.7 Å². The summed E-state index contributed by atoms with van der Waals surface area (Å²) in [6.07, 6.45) is 3.17. The fourth-order valence-electron chi connectivity index (χ4n) is 1.57. The van der Waals surface area contributed by atoms with E-state index >= 15 is 0 Å². The molecule has 1 aromatic carbocycles. The Kier molecular flexibility index (Phi) is 4.73. The average Bonchev–Trinajstić information content (AvgIpc) is 2.92. The van der Waals surface area contributed by atoms with E-state index < -0.39 is 0 Å². The summed E-state index contributed by atoms with van der Waals surface area (Å²) in [5.41, 5.74) is 1.22. The molecule has 6 nitrogen and oxygen atoms in total. The molecule has 0 atom stereocenters. The molecule has 0 fully saturated rings. The second-order valence-corrected chi connectivity index (χ2v) is 4.62. The Labute approximate surface area is 117 Å². The Bertz CT molecular complexity index is 535. The van der Waals surface area contributed by atoms with E-state index in [9.17, 15) is 4.79 Å². The number of H-pyrrole nitrogens is 1. The summed E-state index contributed by atoms with van der Waals surface area (Å²) in [5.74, 6) is 0.581. The number of likely N-dealkylation sites (N-methyl/N-ethyl adjacent to an activating group) is 1. The van der Waals surface area contributed by atoms with Crippen LogP contribution in [0, 0.1) is 0 Å². The van der Waals surface area contributed by atoms with Crippen LogP contribution >= 0.6 is 0 Å². The molecule has 106 valence electrons. The quantitative estimate of drug-likeness (QED) is 0.839. The zero-order chi connectivity index (χ0) is 14.4. The molecule has 1 aromatic heterocycles. The normalized spacial score (nSPS) is 10.6. The van der Waals surface area contributed by atoms with E-state index in [0.717, 1.165) is 12.3 Å². The number of nitrogens with zero attached hydrogens (tertiary/aromatic N) is 2. The van der Waals surface area contributed by atoms with Gasteiger partial charge in [0.15, 0.2) is 0 Å². The van der Waals surface area contributed by atoms with Gasteiger partial charge in [0, 0.05) is 18.3 Å². The number of rotatable bonds is 6. The molecule has 20 heavy (non-hydrogen) atoms. The minimum absolute atomic E-state index is 0.175. The van der Waals surface area contributed by atoms with E-state index in [4.69, 9.17) is 4.74 Å². The molecule has 6 heteroatoms. The first-order valence-electron chi connectivity index (χ1n) is 6.33. The first-order chi connectivity index (χ1) is 9.65.